The summed E-state index contributed by atoms with van der Waals surface area (Å²) in [6.45, 7) is 0.512. The van der Waals surface area contributed by atoms with E-state index in [9.17, 15) is 9.59 Å². The van der Waals surface area contributed by atoms with Crippen LogP contribution in [0.4, 0.5) is 4.39 Å². The normalized spacial score (nSPS) is 22.2. The Labute approximate surface area is 232 Å². The second-order valence-corrected chi connectivity index (χ2v) is 10.9. The van der Waals surface area contributed by atoms with Crippen LogP contribution in [0.3, 0.4) is 0 Å². The monoisotopic (exact) mass is 547 g/mol. The topological polar surface area (TPSA) is 86.8 Å². The molecule has 1 amide bonds. The molecule has 2 atom stereocenters. The Bertz CT molecular complexity index is 1540. The summed E-state index contributed by atoms with van der Waals surface area (Å²) in [6.07, 6.45) is 4.14. The second kappa shape index (κ2) is 11.0. The van der Waals surface area contributed by atoms with Gasteiger partial charge >= 0.3 is 5.97 Å². The number of likely N-dealkylation sites (tertiary alicyclic amines) is 1. The van der Waals surface area contributed by atoms with Gasteiger partial charge in [0.15, 0.2) is 5.58 Å². The van der Waals surface area contributed by atoms with Crippen LogP contribution in [-0.4, -0.2) is 58.5 Å². The molecule has 1 saturated heterocycles. The number of halogens is 1. The first-order valence-corrected chi connectivity index (χ1v) is 14.0. The number of benzene rings is 2. The summed E-state index contributed by atoms with van der Waals surface area (Å²) in [5.74, 6) is 0.0533. The minimum Gasteiger partial charge on any atom is -0.469 e. The lowest BCUT2D eigenvalue weighted by Crippen LogP contribution is -2.44. The predicted octanol–water partition coefficient (Wildman–Crippen LogP) is 5.56. The van der Waals surface area contributed by atoms with Gasteiger partial charge in [0, 0.05) is 30.7 Å². The van der Waals surface area contributed by atoms with E-state index < -0.39 is 12.4 Å². The summed E-state index contributed by atoms with van der Waals surface area (Å²) >= 11 is 0. The van der Waals surface area contributed by atoms with E-state index in [1.54, 1.807) is 4.90 Å². The van der Waals surface area contributed by atoms with E-state index in [4.69, 9.17) is 13.9 Å². The maximum atomic E-state index is 15.3. The number of carbonyl (C=O) groups excluding carboxylic acids is 2. The number of oxazole rings is 1. The Morgan fingerprint density at radius 1 is 1.12 bits per heavy atom. The number of fused-ring (bicyclic) bond motifs is 2. The Hall–Kier alpha value is -3.72. The summed E-state index contributed by atoms with van der Waals surface area (Å²) < 4.78 is 34.1. The van der Waals surface area contributed by atoms with Crippen molar-refractivity contribution in [3.8, 4) is 11.5 Å². The van der Waals surface area contributed by atoms with Gasteiger partial charge in [-0.25, -0.2) is 9.37 Å². The molecule has 1 saturated carbocycles. The maximum absolute atomic E-state index is 15.3. The highest BCUT2D eigenvalue weighted by atomic mass is 19.1. The summed E-state index contributed by atoms with van der Waals surface area (Å²) in [4.78, 5) is 31.4. The number of ether oxygens (including phenoxy) is 2. The van der Waals surface area contributed by atoms with Crippen molar-refractivity contribution >= 4 is 33.9 Å². The molecular formula is C31H34FN3O5. The molecule has 9 heteroatoms. The number of rotatable bonds is 7. The first kappa shape index (κ1) is 26.5. The molecule has 2 aromatic heterocycles. The van der Waals surface area contributed by atoms with Gasteiger partial charge in [-0.2, -0.15) is 0 Å². The van der Waals surface area contributed by atoms with E-state index in [0.717, 1.165) is 34.0 Å². The molecule has 0 spiro atoms. The molecule has 40 heavy (non-hydrogen) atoms. The first-order chi connectivity index (χ1) is 19.4. The van der Waals surface area contributed by atoms with Crippen molar-refractivity contribution in [2.45, 2.75) is 63.4 Å². The SMILES string of the molecule is COC(=O)C1CCC(OC(F)[C@@H]2CCCN2C(=O)Cc2ccc3nc(-c4cn(C)c5ccccc45)oc3c2)CC1. The van der Waals surface area contributed by atoms with Gasteiger partial charge in [0.05, 0.1) is 37.2 Å². The van der Waals surface area contributed by atoms with E-state index >= 15 is 4.39 Å². The number of aryl methyl sites for hydroxylation is 1. The lowest BCUT2D eigenvalue weighted by Gasteiger charge is -2.32. The third-order valence-corrected chi connectivity index (χ3v) is 8.39. The quantitative estimate of drug-likeness (QED) is 0.282. The summed E-state index contributed by atoms with van der Waals surface area (Å²) in [5, 5.41) is 1.06. The van der Waals surface area contributed by atoms with Gasteiger partial charge < -0.3 is 23.4 Å². The second-order valence-electron chi connectivity index (χ2n) is 10.9. The summed E-state index contributed by atoms with van der Waals surface area (Å²) in [5.41, 5.74) is 4.13. The molecule has 4 aromatic rings. The van der Waals surface area contributed by atoms with Crippen LogP contribution in [0, 0.1) is 5.92 Å². The van der Waals surface area contributed by atoms with Gasteiger partial charge in [-0.1, -0.05) is 24.3 Å². The van der Waals surface area contributed by atoms with Crippen LogP contribution in [0.2, 0.25) is 0 Å². The lowest BCUT2D eigenvalue weighted by atomic mass is 9.87. The van der Waals surface area contributed by atoms with Crippen LogP contribution in [0.25, 0.3) is 33.5 Å². The zero-order chi connectivity index (χ0) is 27.8. The number of para-hydroxylation sites is 1. The molecule has 8 nitrogen and oxygen atoms in total. The lowest BCUT2D eigenvalue weighted by molar-refractivity contribution is -0.157. The fraction of sp³-hybridized carbons (Fsp3) is 0.452. The van der Waals surface area contributed by atoms with Crippen molar-refractivity contribution in [2.75, 3.05) is 13.7 Å². The number of aromatic nitrogens is 2. The molecule has 3 heterocycles. The van der Waals surface area contributed by atoms with Crippen molar-refractivity contribution in [2.24, 2.45) is 13.0 Å². The number of alkyl halides is 1. The molecule has 210 valence electrons. The fourth-order valence-electron chi connectivity index (χ4n) is 6.23. The van der Waals surface area contributed by atoms with E-state index in [2.05, 4.69) is 11.1 Å². The highest BCUT2D eigenvalue weighted by Crippen LogP contribution is 2.33. The van der Waals surface area contributed by atoms with Gasteiger partial charge in [-0.05, 0) is 62.3 Å². The van der Waals surface area contributed by atoms with E-state index in [1.165, 1.54) is 7.11 Å². The summed E-state index contributed by atoms with van der Waals surface area (Å²) in [6, 6.07) is 13.1. The van der Waals surface area contributed by atoms with Crippen LogP contribution in [0.5, 0.6) is 0 Å². The Morgan fingerprint density at radius 2 is 1.93 bits per heavy atom. The molecule has 0 N–H and O–H groups in total. The number of esters is 1. The van der Waals surface area contributed by atoms with Gasteiger partial charge in [-0.3, -0.25) is 9.59 Å². The first-order valence-electron chi connectivity index (χ1n) is 14.0. The minimum atomic E-state index is -1.55. The van der Waals surface area contributed by atoms with E-state index in [0.29, 0.717) is 50.1 Å². The number of hydrogen-bond acceptors (Lipinski definition) is 6. The Morgan fingerprint density at radius 3 is 2.73 bits per heavy atom. The minimum absolute atomic E-state index is 0.128. The van der Waals surface area contributed by atoms with Crippen LogP contribution < -0.4 is 0 Å². The molecule has 1 aliphatic heterocycles. The van der Waals surface area contributed by atoms with Gasteiger partial charge in [0.2, 0.25) is 18.2 Å². The number of hydrogen-bond donors (Lipinski definition) is 0. The molecule has 2 aliphatic rings. The van der Waals surface area contributed by atoms with Crippen LogP contribution in [0.1, 0.15) is 44.1 Å². The van der Waals surface area contributed by atoms with Crippen LogP contribution in [-0.2, 0) is 32.5 Å². The average Bonchev–Trinajstić information content (AvgIpc) is 3.70. The number of carbonyl (C=O) groups is 2. The maximum Gasteiger partial charge on any atom is 0.308 e. The molecule has 2 fully saturated rings. The highest BCUT2D eigenvalue weighted by molar-refractivity contribution is 5.95. The highest BCUT2D eigenvalue weighted by Gasteiger charge is 2.38. The third kappa shape index (κ3) is 5.10. The molecule has 6 rings (SSSR count). The standard InChI is InChI=1S/C31H34FN3O5/c1-34-18-23(22-6-3-4-7-25(22)34)30-33-24-14-9-19(16-27(24)40-30)17-28(36)35-15-5-8-26(35)29(32)39-21-12-10-20(11-13-21)31(37)38-2/h3-4,6-7,9,14,16,18,20-21,26,29H,5,8,10-13,15,17H2,1-2H3/t20?,21?,26-,29?/m0/s1. The van der Waals surface area contributed by atoms with Crippen molar-refractivity contribution in [3.05, 3.63) is 54.2 Å². The molecule has 0 bridgehead atoms. The number of methoxy groups -OCH3 is 1. The molecule has 1 aliphatic carbocycles. The van der Waals surface area contributed by atoms with Crippen LogP contribution in [0.15, 0.2) is 53.1 Å². The summed E-state index contributed by atoms with van der Waals surface area (Å²) in [7, 11) is 3.38. The predicted molar refractivity (Wildman–Crippen MR) is 148 cm³/mol. The van der Waals surface area contributed by atoms with E-state index in [-0.39, 0.29) is 30.3 Å². The van der Waals surface area contributed by atoms with Crippen molar-refractivity contribution < 1.29 is 27.9 Å². The van der Waals surface area contributed by atoms with E-state index in [1.807, 2.05) is 54.2 Å². The average molecular weight is 548 g/mol. The van der Waals surface area contributed by atoms with Crippen LogP contribution >= 0.6 is 0 Å². The molecule has 0 radical (unpaired) electrons. The zero-order valence-electron chi connectivity index (χ0n) is 22.8. The Balaban J connectivity index is 1.11. The largest absolute Gasteiger partial charge is 0.469 e. The van der Waals surface area contributed by atoms with Crippen molar-refractivity contribution in [1.82, 2.24) is 14.5 Å². The molecular weight excluding hydrogens is 513 g/mol. The molecule has 1 unspecified atom stereocenters. The fourth-order valence-corrected chi connectivity index (χ4v) is 6.23. The number of amides is 1. The Kier molecular flexibility index (Phi) is 7.31. The van der Waals surface area contributed by atoms with Gasteiger partial charge in [0.1, 0.15) is 5.52 Å². The third-order valence-electron chi connectivity index (χ3n) is 8.39. The van der Waals surface area contributed by atoms with Crippen molar-refractivity contribution in [1.29, 1.82) is 0 Å². The zero-order valence-corrected chi connectivity index (χ0v) is 22.8. The van der Waals surface area contributed by atoms with Crippen molar-refractivity contribution in [3.63, 3.8) is 0 Å². The van der Waals surface area contributed by atoms with Gasteiger partial charge in [0.25, 0.3) is 0 Å². The smallest absolute Gasteiger partial charge is 0.308 e. The van der Waals surface area contributed by atoms with Gasteiger partial charge in [-0.15, -0.1) is 0 Å². The molecule has 2 aromatic carbocycles. The number of nitrogens with zero attached hydrogens (tertiary/aromatic N) is 3.